The minimum Gasteiger partial charge on any atom is -0.459 e. The molecule has 0 radical (unpaired) electrons. The van der Waals surface area contributed by atoms with Crippen molar-refractivity contribution in [2.24, 2.45) is 5.41 Å². The zero-order valence-electron chi connectivity index (χ0n) is 20.1. The van der Waals surface area contributed by atoms with E-state index < -0.39 is 0 Å². The molecule has 0 bridgehead atoms. The number of nitrogens with one attached hydrogen (secondary N) is 1. The summed E-state index contributed by atoms with van der Waals surface area (Å²) in [6.07, 6.45) is 1.92. The van der Waals surface area contributed by atoms with E-state index in [0.717, 1.165) is 16.8 Å². The zero-order chi connectivity index (χ0) is 24.0. The van der Waals surface area contributed by atoms with Crippen LogP contribution in [0.25, 0.3) is 0 Å². The second kappa shape index (κ2) is 10.4. The van der Waals surface area contributed by atoms with E-state index in [2.05, 4.69) is 26.1 Å². The molecule has 0 unspecified atom stereocenters. The summed E-state index contributed by atoms with van der Waals surface area (Å²) in [6.45, 7) is 7.16. The third-order valence-electron chi connectivity index (χ3n) is 5.18. The van der Waals surface area contributed by atoms with Crippen molar-refractivity contribution in [3.05, 3.63) is 83.8 Å². The Balaban J connectivity index is 1.90. The molecule has 6 nitrogen and oxygen atoms in total. The fourth-order valence-corrected chi connectivity index (χ4v) is 3.63. The van der Waals surface area contributed by atoms with E-state index >= 15 is 0 Å². The Kier molecular flexibility index (Phi) is 7.59. The van der Waals surface area contributed by atoms with Crippen LogP contribution in [0, 0.1) is 5.41 Å². The number of hydrogen-bond acceptors (Lipinski definition) is 4. The molecule has 1 aromatic heterocycles. The highest BCUT2D eigenvalue weighted by molar-refractivity contribution is 6.02. The molecular formula is C27H33N3O3. The van der Waals surface area contributed by atoms with Crippen molar-refractivity contribution in [3.8, 4) is 0 Å². The van der Waals surface area contributed by atoms with E-state index in [1.54, 1.807) is 12.1 Å². The fourth-order valence-electron chi connectivity index (χ4n) is 3.63. The Morgan fingerprint density at radius 3 is 2.27 bits per heavy atom. The van der Waals surface area contributed by atoms with Gasteiger partial charge in [0.1, 0.15) is 0 Å². The molecule has 174 valence electrons. The lowest BCUT2D eigenvalue weighted by Gasteiger charge is -2.29. The zero-order valence-corrected chi connectivity index (χ0v) is 20.1. The fraction of sp³-hybridized carbons (Fsp3) is 0.333. The lowest BCUT2D eigenvalue weighted by Crippen LogP contribution is -2.33. The molecule has 2 amide bonds. The Labute approximate surface area is 196 Å². The number of hydrogen-bond donors (Lipinski definition) is 1. The number of benzene rings is 2. The van der Waals surface area contributed by atoms with Gasteiger partial charge in [-0.05, 0) is 46.9 Å². The first-order chi connectivity index (χ1) is 15.6. The van der Waals surface area contributed by atoms with Crippen LogP contribution in [0.2, 0.25) is 0 Å². The van der Waals surface area contributed by atoms with Crippen LogP contribution < -0.4 is 10.2 Å². The van der Waals surface area contributed by atoms with Crippen molar-refractivity contribution in [2.75, 3.05) is 24.3 Å². The van der Waals surface area contributed by atoms with Gasteiger partial charge in [-0.2, -0.15) is 0 Å². The molecule has 0 aliphatic rings. The first-order valence-electron chi connectivity index (χ1n) is 11.1. The third kappa shape index (κ3) is 6.97. The summed E-state index contributed by atoms with van der Waals surface area (Å²) in [5.41, 5.74) is 3.56. The minimum absolute atomic E-state index is 0.0982. The van der Waals surface area contributed by atoms with E-state index in [4.69, 9.17) is 4.42 Å². The van der Waals surface area contributed by atoms with Gasteiger partial charge >= 0.3 is 0 Å². The molecular weight excluding hydrogens is 414 g/mol. The number of furan rings is 1. The molecule has 1 heterocycles. The largest absolute Gasteiger partial charge is 0.459 e. The van der Waals surface area contributed by atoms with Crippen LogP contribution in [0.5, 0.6) is 0 Å². The summed E-state index contributed by atoms with van der Waals surface area (Å²) in [6, 6.07) is 19.1. The molecule has 2 aromatic carbocycles. The SMILES string of the molecule is CN(C)c1ccc(NC(=O)c2ccco2)cc1CN(Cc1ccccc1)C(=O)CC(C)(C)C. The average Bonchev–Trinajstić information content (AvgIpc) is 3.28. The lowest BCUT2D eigenvalue weighted by molar-refractivity contribution is -0.134. The maximum Gasteiger partial charge on any atom is 0.291 e. The molecule has 3 aromatic rings. The Morgan fingerprint density at radius 2 is 1.67 bits per heavy atom. The average molecular weight is 448 g/mol. The van der Waals surface area contributed by atoms with Gasteiger partial charge in [-0.25, -0.2) is 0 Å². The van der Waals surface area contributed by atoms with E-state index in [9.17, 15) is 9.59 Å². The number of carbonyl (C=O) groups excluding carboxylic acids is 2. The number of carbonyl (C=O) groups is 2. The van der Waals surface area contributed by atoms with E-state index in [-0.39, 0.29) is 23.0 Å². The Morgan fingerprint density at radius 1 is 0.939 bits per heavy atom. The van der Waals surface area contributed by atoms with Gasteiger partial charge in [-0.15, -0.1) is 0 Å². The van der Waals surface area contributed by atoms with Gasteiger partial charge in [0.05, 0.1) is 6.26 Å². The third-order valence-corrected chi connectivity index (χ3v) is 5.18. The minimum atomic E-state index is -0.312. The standard InChI is InChI=1S/C27H33N3O3/c1-27(2,3)17-25(31)30(18-20-10-7-6-8-11-20)19-21-16-22(13-14-23(21)29(4)5)28-26(32)24-12-9-15-33-24/h6-16H,17-19H2,1-5H3,(H,28,32). The molecule has 3 rings (SSSR count). The monoisotopic (exact) mass is 447 g/mol. The summed E-state index contributed by atoms with van der Waals surface area (Å²) in [7, 11) is 3.94. The van der Waals surface area contributed by atoms with Crippen LogP contribution in [0.3, 0.4) is 0 Å². The smallest absolute Gasteiger partial charge is 0.291 e. The van der Waals surface area contributed by atoms with Gasteiger partial charge in [-0.3, -0.25) is 9.59 Å². The predicted octanol–water partition coefficient (Wildman–Crippen LogP) is 5.56. The van der Waals surface area contributed by atoms with Crippen molar-refractivity contribution in [1.82, 2.24) is 4.90 Å². The second-order valence-electron chi connectivity index (χ2n) is 9.64. The number of rotatable bonds is 8. The number of nitrogens with zero attached hydrogens (tertiary/aromatic N) is 2. The van der Waals surface area contributed by atoms with Gasteiger partial charge in [0, 0.05) is 45.0 Å². The Bertz CT molecular complexity index is 1070. The second-order valence-corrected chi connectivity index (χ2v) is 9.64. The van der Waals surface area contributed by atoms with E-state index in [1.807, 2.05) is 72.4 Å². The van der Waals surface area contributed by atoms with Crippen LogP contribution >= 0.6 is 0 Å². The quantitative estimate of drug-likeness (QED) is 0.491. The molecule has 6 heteroatoms. The summed E-state index contributed by atoms with van der Waals surface area (Å²) in [4.78, 5) is 29.7. The van der Waals surface area contributed by atoms with Crippen LogP contribution in [-0.2, 0) is 17.9 Å². The Hall–Kier alpha value is -3.54. The van der Waals surface area contributed by atoms with Crippen LogP contribution in [-0.4, -0.2) is 30.8 Å². The highest BCUT2D eigenvalue weighted by atomic mass is 16.3. The summed E-state index contributed by atoms with van der Waals surface area (Å²) >= 11 is 0. The van der Waals surface area contributed by atoms with Gasteiger partial charge in [0.2, 0.25) is 5.91 Å². The normalized spacial score (nSPS) is 11.2. The van der Waals surface area contributed by atoms with Crippen molar-refractivity contribution in [2.45, 2.75) is 40.3 Å². The van der Waals surface area contributed by atoms with Crippen molar-refractivity contribution >= 4 is 23.2 Å². The molecule has 0 saturated heterocycles. The predicted molar refractivity (Wildman–Crippen MR) is 132 cm³/mol. The van der Waals surface area contributed by atoms with Gasteiger partial charge < -0.3 is 19.5 Å². The highest BCUT2D eigenvalue weighted by Crippen LogP contribution is 2.27. The molecule has 33 heavy (non-hydrogen) atoms. The number of anilines is 2. The van der Waals surface area contributed by atoms with E-state index in [1.165, 1.54) is 6.26 Å². The summed E-state index contributed by atoms with van der Waals surface area (Å²) < 4.78 is 5.20. The van der Waals surface area contributed by atoms with Crippen LogP contribution in [0.1, 0.15) is 48.9 Å². The lowest BCUT2D eigenvalue weighted by atomic mass is 9.91. The molecule has 1 N–H and O–H groups in total. The molecule has 0 aliphatic heterocycles. The maximum atomic E-state index is 13.3. The van der Waals surface area contributed by atoms with Crippen LogP contribution in [0.15, 0.2) is 71.3 Å². The van der Waals surface area contributed by atoms with Gasteiger partial charge in [0.25, 0.3) is 5.91 Å². The topological polar surface area (TPSA) is 65.8 Å². The van der Waals surface area contributed by atoms with Crippen LogP contribution in [0.4, 0.5) is 11.4 Å². The first kappa shape index (κ1) is 24.1. The van der Waals surface area contributed by atoms with Crippen molar-refractivity contribution in [3.63, 3.8) is 0 Å². The summed E-state index contributed by atoms with van der Waals surface area (Å²) in [5, 5.41) is 2.89. The van der Waals surface area contributed by atoms with Gasteiger partial charge in [-0.1, -0.05) is 51.1 Å². The number of amides is 2. The maximum absolute atomic E-state index is 13.3. The van der Waals surface area contributed by atoms with Crippen molar-refractivity contribution in [1.29, 1.82) is 0 Å². The first-order valence-corrected chi connectivity index (χ1v) is 11.1. The van der Waals surface area contributed by atoms with Crippen molar-refractivity contribution < 1.29 is 14.0 Å². The summed E-state index contributed by atoms with van der Waals surface area (Å²) in [5.74, 6) is 0.0360. The van der Waals surface area contributed by atoms with E-state index in [0.29, 0.717) is 25.2 Å². The molecule has 0 saturated carbocycles. The molecule has 0 aliphatic carbocycles. The molecule has 0 atom stereocenters. The molecule has 0 fully saturated rings. The van der Waals surface area contributed by atoms with Gasteiger partial charge in [0.15, 0.2) is 5.76 Å². The highest BCUT2D eigenvalue weighted by Gasteiger charge is 2.23. The molecule has 0 spiro atoms.